The number of nitrogens with zero attached hydrogens (tertiary/aromatic N) is 4. The van der Waals surface area contributed by atoms with Gasteiger partial charge in [0.15, 0.2) is 0 Å². The van der Waals surface area contributed by atoms with Gasteiger partial charge in [0.25, 0.3) is 0 Å². The van der Waals surface area contributed by atoms with Gasteiger partial charge in [-0.1, -0.05) is 0 Å². The van der Waals surface area contributed by atoms with E-state index in [2.05, 4.69) is 19.9 Å². The summed E-state index contributed by atoms with van der Waals surface area (Å²) in [4.78, 5) is 55.1. The van der Waals surface area contributed by atoms with Crippen molar-refractivity contribution in [2.24, 2.45) is 0 Å². The van der Waals surface area contributed by atoms with Gasteiger partial charge in [0.1, 0.15) is 11.5 Å². The molecule has 0 amide bonds. The number of hydrogen-bond acceptors (Lipinski definition) is 14. The van der Waals surface area contributed by atoms with Gasteiger partial charge in [-0.2, -0.15) is 0 Å². The van der Waals surface area contributed by atoms with Crippen LogP contribution in [0.3, 0.4) is 0 Å². The number of aromatic carboxylic acids is 4. The second kappa shape index (κ2) is 20.0. The van der Waals surface area contributed by atoms with Gasteiger partial charge in [0, 0.05) is 49.1 Å². The van der Waals surface area contributed by atoms with Gasteiger partial charge >= 0.3 is 34.1 Å². The first-order valence-electron chi connectivity index (χ1n) is 10.1. The average molecular weight is 682 g/mol. The molecule has 2 radical (unpaired) electrons. The van der Waals surface area contributed by atoms with Gasteiger partial charge in [0.2, 0.25) is 0 Å². The van der Waals surface area contributed by atoms with Crippen molar-refractivity contribution in [2.75, 3.05) is 0 Å². The van der Waals surface area contributed by atoms with Crippen LogP contribution >= 0.6 is 0 Å². The fraction of sp³-hybridized carbons (Fsp3) is 0. The summed E-state index contributed by atoms with van der Waals surface area (Å²) >= 11 is 0. The molecule has 6 N–H and O–H groups in total. The van der Waals surface area contributed by atoms with E-state index in [1.807, 2.05) is 24.3 Å². The summed E-state index contributed by atoms with van der Waals surface area (Å²) in [6.45, 7) is 0. The van der Waals surface area contributed by atoms with E-state index < -0.39 is 58.2 Å². The minimum atomic E-state index is -1.67. The summed E-state index contributed by atoms with van der Waals surface area (Å²) in [5, 5.41) is 58.7. The first kappa shape index (κ1) is 41.5. The summed E-state index contributed by atoms with van der Waals surface area (Å²) in [5.74, 6) is -7.71. The van der Waals surface area contributed by atoms with Gasteiger partial charge in [-0.3, -0.25) is 9.97 Å². The van der Waals surface area contributed by atoms with Crippen molar-refractivity contribution in [2.45, 2.75) is 0 Å². The minimum absolute atomic E-state index is 0. The molecule has 0 fully saturated rings. The van der Waals surface area contributed by atoms with Crippen molar-refractivity contribution >= 4 is 23.9 Å². The van der Waals surface area contributed by atoms with Crippen LogP contribution in [0.15, 0.2) is 73.3 Å². The number of carboxylic acid groups (broad SMARTS) is 4. The molecule has 42 heavy (non-hydrogen) atoms. The maximum Gasteiger partial charge on any atom is 2.00 e. The topological polar surface area (TPSA) is 316 Å². The number of carbonyl (C=O) groups excluding carboxylic acids is 4. The molecule has 18 heteroatoms. The van der Waals surface area contributed by atoms with Crippen LogP contribution in [0, 0.1) is 0 Å². The van der Waals surface area contributed by atoms with Crippen molar-refractivity contribution in [3.05, 3.63) is 96.1 Å². The fourth-order valence-electron chi connectivity index (χ4n) is 2.54. The molecule has 0 aliphatic rings. The Kier molecular flexibility index (Phi) is 19.8. The van der Waals surface area contributed by atoms with Crippen LogP contribution in [-0.4, -0.2) is 65.0 Å². The third-order valence-corrected chi connectivity index (χ3v) is 4.15. The number of pyridine rings is 4. The Labute approximate surface area is 257 Å². The standard InChI is InChI=1S/C10H8N2.2C7H5NO5.2Cu.2H2O/c1-5-11-6-2-9(1)10-3-7-12-8-4-10;2*9-3-1-4(6(10)11)8-5(2-3)7(12)13;;;;/h1-8H;2*1-2H,(H,8,9)(H,10,11)(H,12,13);;;2*1H2/q;;;2*+2;;/p-4. The van der Waals surface area contributed by atoms with Gasteiger partial charge < -0.3 is 60.8 Å². The summed E-state index contributed by atoms with van der Waals surface area (Å²) in [7, 11) is 0. The predicted molar refractivity (Wildman–Crippen MR) is 124 cm³/mol. The zero-order valence-electron chi connectivity index (χ0n) is 20.5. The Bertz CT molecular complexity index is 1290. The van der Waals surface area contributed by atoms with E-state index in [4.69, 9.17) is 10.2 Å². The Balaban J connectivity index is -0.000000519. The van der Waals surface area contributed by atoms with Crippen LogP contribution in [0.1, 0.15) is 42.0 Å². The molecule has 0 bridgehead atoms. The largest absolute Gasteiger partial charge is 2.00 e. The molecular formula is C24H18Cu2N4O12. The van der Waals surface area contributed by atoms with E-state index in [1.54, 1.807) is 24.8 Å². The quantitative estimate of drug-likeness (QED) is 0.188. The van der Waals surface area contributed by atoms with Crippen LogP contribution in [0.25, 0.3) is 11.1 Å². The zero-order chi connectivity index (χ0) is 28.2. The van der Waals surface area contributed by atoms with E-state index in [-0.39, 0.29) is 45.1 Å². The third-order valence-electron chi connectivity index (χ3n) is 4.15. The van der Waals surface area contributed by atoms with E-state index in [0.29, 0.717) is 0 Å². The summed E-state index contributed by atoms with van der Waals surface area (Å²) in [5.41, 5.74) is -0.267. The van der Waals surface area contributed by atoms with Gasteiger partial charge in [-0.15, -0.1) is 0 Å². The number of carbonyl (C=O) groups is 4. The van der Waals surface area contributed by atoms with Gasteiger partial charge in [0.05, 0.1) is 46.7 Å². The number of aromatic nitrogens is 4. The Morgan fingerprint density at radius 3 is 0.905 bits per heavy atom. The summed E-state index contributed by atoms with van der Waals surface area (Å²) in [6.07, 6.45) is 7.15. The molecule has 0 aliphatic carbocycles. The number of aromatic hydroxyl groups is 2. The van der Waals surface area contributed by atoms with Crippen molar-refractivity contribution in [1.29, 1.82) is 0 Å². The molecule has 4 heterocycles. The summed E-state index contributed by atoms with van der Waals surface area (Å²) in [6, 6.07) is 11.0. The molecule has 228 valence electrons. The van der Waals surface area contributed by atoms with Crippen molar-refractivity contribution in [1.82, 2.24) is 19.9 Å². The smallest absolute Gasteiger partial charge is 0.543 e. The molecule has 0 atom stereocenters. The maximum absolute atomic E-state index is 10.2. The van der Waals surface area contributed by atoms with E-state index in [9.17, 15) is 39.6 Å². The molecule has 0 spiro atoms. The van der Waals surface area contributed by atoms with Crippen molar-refractivity contribution < 1.29 is 94.9 Å². The molecule has 4 rings (SSSR count). The first-order valence-corrected chi connectivity index (χ1v) is 10.1. The molecule has 0 aromatic carbocycles. The fourth-order valence-corrected chi connectivity index (χ4v) is 2.54. The molecule has 0 unspecified atom stereocenters. The van der Waals surface area contributed by atoms with Crippen LogP contribution < -0.4 is 20.4 Å². The second-order valence-corrected chi connectivity index (χ2v) is 6.81. The maximum atomic E-state index is 10.2. The Morgan fingerprint density at radius 2 is 0.714 bits per heavy atom. The van der Waals surface area contributed by atoms with Crippen molar-refractivity contribution in [3.63, 3.8) is 0 Å². The molecule has 16 nitrogen and oxygen atoms in total. The van der Waals surface area contributed by atoms with E-state index in [1.165, 1.54) is 11.1 Å². The zero-order valence-corrected chi connectivity index (χ0v) is 22.4. The predicted octanol–water partition coefficient (Wildman–Crippen LogP) is -4.48. The van der Waals surface area contributed by atoms with Gasteiger partial charge in [-0.25, -0.2) is 9.97 Å². The monoisotopic (exact) mass is 680 g/mol. The van der Waals surface area contributed by atoms with E-state index >= 15 is 0 Å². The second-order valence-electron chi connectivity index (χ2n) is 6.81. The first-order chi connectivity index (χ1) is 18.0. The van der Waals surface area contributed by atoms with Crippen LogP contribution in [-0.2, 0) is 34.1 Å². The van der Waals surface area contributed by atoms with E-state index in [0.717, 1.165) is 24.3 Å². The SMILES string of the molecule is O.O.O=C([O-])c1cc(O)cc(C(=O)[O-])n1.O=C([O-])c1cc(O)cc(C(=O)[O-])n1.[Cu+2].[Cu+2].c1cc(-c2ccncc2)ccn1. The average Bonchev–Trinajstić information content (AvgIpc) is 2.89. The Morgan fingerprint density at radius 1 is 0.500 bits per heavy atom. The third kappa shape index (κ3) is 13.4. The number of hydrogen-bond donors (Lipinski definition) is 2. The number of rotatable bonds is 5. The molecule has 0 saturated carbocycles. The number of carboxylic acids is 4. The summed E-state index contributed by atoms with van der Waals surface area (Å²) < 4.78 is 0. The van der Waals surface area contributed by atoms with Gasteiger partial charge in [-0.05, 0) is 35.4 Å². The Hall–Kier alpha value is -4.96. The molecular weight excluding hydrogens is 663 g/mol. The van der Waals surface area contributed by atoms with Crippen molar-refractivity contribution in [3.8, 4) is 22.6 Å². The normalized spacial score (nSPS) is 8.67. The van der Waals surface area contributed by atoms with Crippen LogP contribution in [0.4, 0.5) is 0 Å². The minimum Gasteiger partial charge on any atom is -0.543 e. The molecule has 0 aliphatic heterocycles. The molecule has 4 aromatic rings. The van der Waals surface area contributed by atoms with Crippen LogP contribution in [0.2, 0.25) is 0 Å². The van der Waals surface area contributed by atoms with Crippen LogP contribution in [0.5, 0.6) is 11.5 Å². The molecule has 0 saturated heterocycles. The molecule has 4 aromatic heterocycles.